The number of hydrogen-bond acceptors (Lipinski definition) is 6. The van der Waals surface area contributed by atoms with Gasteiger partial charge >= 0.3 is 0 Å². The minimum absolute atomic E-state index is 0.177. The number of β-amino-alcohol motifs (C(OH)–C–C–N with tert-alkyl or cyclic N) is 1. The predicted octanol–water partition coefficient (Wildman–Crippen LogP) is 1.10. The van der Waals surface area contributed by atoms with Crippen LogP contribution in [0.4, 0.5) is 11.4 Å². The summed E-state index contributed by atoms with van der Waals surface area (Å²) < 4.78 is 0. The molecule has 4 N–H and O–H groups in total. The lowest BCUT2D eigenvalue weighted by atomic mass is 10.0. The van der Waals surface area contributed by atoms with Crippen LogP contribution in [0.3, 0.4) is 0 Å². The second-order valence-electron chi connectivity index (χ2n) is 7.97. The Bertz CT molecular complexity index is 767. The lowest BCUT2D eigenvalue weighted by molar-refractivity contribution is -0.120. The Balaban J connectivity index is 1.60. The third kappa shape index (κ3) is 5.07. The molecule has 1 aromatic rings. The standard InChI is InChI=1S/C21H30N4O4/c1-14(2)13-17-19(27)18(21(29)23-17)20(28)22-15-3-5-16(6-4-15)25-9-7-24(8-10-25)11-12-26/h3-6,14,17,26-27H,7-13H2,1-2H3,(H,22,28)(H,23,29). The second-order valence-corrected chi connectivity index (χ2v) is 7.97. The van der Waals surface area contributed by atoms with Crippen LogP contribution in [0.1, 0.15) is 20.3 Å². The number of aliphatic hydroxyl groups excluding tert-OH is 2. The first kappa shape index (κ1) is 21.1. The second kappa shape index (κ2) is 9.28. The fraction of sp³-hybridized carbons (Fsp3) is 0.524. The van der Waals surface area contributed by atoms with E-state index in [-0.39, 0.29) is 23.9 Å². The zero-order valence-electron chi connectivity index (χ0n) is 17.0. The molecule has 2 aliphatic heterocycles. The molecule has 0 saturated carbocycles. The molecule has 0 spiro atoms. The van der Waals surface area contributed by atoms with E-state index in [0.29, 0.717) is 18.7 Å². The number of hydrogen-bond donors (Lipinski definition) is 4. The molecule has 0 aliphatic carbocycles. The summed E-state index contributed by atoms with van der Waals surface area (Å²) in [6.07, 6.45) is 0.578. The highest BCUT2D eigenvalue weighted by atomic mass is 16.3. The SMILES string of the molecule is CC(C)CC1NC(=O)C(C(=O)Nc2ccc(N3CCN(CCO)CC3)cc2)=C1O. The van der Waals surface area contributed by atoms with Crippen molar-refractivity contribution in [3.05, 3.63) is 35.6 Å². The fourth-order valence-corrected chi connectivity index (χ4v) is 3.77. The first-order valence-electron chi connectivity index (χ1n) is 10.1. The van der Waals surface area contributed by atoms with Gasteiger partial charge in [0.25, 0.3) is 11.8 Å². The number of amides is 2. The first-order chi connectivity index (χ1) is 13.9. The van der Waals surface area contributed by atoms with Crippen LogP contribution in [0.25, 0.3) is 0 Å². The van der Waals surface area contributed by atoms with E-state index < -0.39 is 17.9 Å². The lowest BCUT2D eigenvalue weighted by Crippen LogP contribution is -2.47. The first-order valence-corrected chi connectivity index (χ1v) is 10.1. The molecule has 1 fully saturated rings. The summed E-state index contributed by atoms with van der Waals surface area (Å²) >= 11 is 0. The Morgan fingerprint density at radius 3 is 2.45 bits per heavy atom. The Hall–Kier alpha value is -2.58. The van der Waals surface area contributed by atoms with Crippen LogP contribution in [0.5, 0.6) is 0 Å². The third-order valence-corrected chi connectivity index (χ3v) is 5.33. The van der Waals surface area contributed by atoms with E-state index in [2.05, 4.69) is 20.4 Å². The van der Waals surface area contributed by atoms with Gasteiger partial charge in [-0.05, 0) is 36.6 Å². The summed E-state index contributed by atoms with van der Waals surface area (Å²) in [5.41, 5.74) is 1.42. The van der Waals surface area contributed by atoms with Gasteiger partial charge in [-0.1, -0.05) is 13.8 Å². The molecule has 1 unspecified atom stereocenters. The lowest BCUT2D eigenvalue weighted by Gasteiger charge is -2.35. The molecular formula is C21H30N4O4. The molecule has 2 aliphatic rings. The van der Waals surface area contributed by atoms with Gasteiger partial charge in [-0.25, -0.2) is 0 Å². The van der Waals surface area contributed by atoms with Crippen molar-refractivity contribution in [2.24, 2.45) is 5.92 Å². The zero-order valence-corrected chi connectivity index (χ0v) is 17.0. The van der Waals surface area contributed by atoms with Crippen LogP contribution >= 0.6 is 0 Å². The van der Waals surface area contributed by atoms with Crippen LogP contribution in [0, 0.1) is 5.92 Å². The van der Waals surface area contributed by atoms with E-state index in [1.165, 1.54) is 0 Å². The van der Waals surface area contributed by atoms with E-state index in [0.717, 1.165) is 31.9 Å². The Kier molecular flexibility index (Phi) is 6.76. The number of benzene rings is 1. The van der Waals surface area contributed by atoms with Crippen molar-refractivity contribution in [1.82, 2.24) is 10.2 Å². The molecule has 2 amide bonds. The maximum Gasteiger partial charge on any atom is 0.264 e. The third-order valence-electron chi connectivity index (χ3n) is 5.33. The molecule has 0 bridgehead atoms. The molecular weight excluding hydrogens is 372 g/mol. The van der Waals surface area contributed by atoms with Crippen LogP contribution in [-0.2, 0) is 9.59 Å². The van der Waals surface area contributed by atoms with Gasteiger partial charge in [0.05, 0.1) is 12.6 Å². The highest BCUT2D eigenvalue weighted by Crippen LogP contribution is 2.23. The Labute approximate surface area is 171 Å². The largest absolute Gasteiger partial charge is 0.509 e. The summed E-state index contributed by atoms with van der Waals surface area (Å²) in [7, 11) is 0. The van der Waals surface area contributed by atoms with Gasteiger partial charge in [0.2, 0.25) is 0 Å². The molecule has 3 rings (SSSR count). The van der Waals surface area contributed by atoms with Crippen molar-refractivity contribution in [2.75, 3.05) is 49.5 Å². The molecule has 8 nitrogen and oxygen atoms in total. The maximum atomic E-state index is 12.5. The normalized spacial score (nSPS) is 20.3. The minimum Gasteiger partial charge on any atom is -0.509 e. The smallest absolute Gasteiger partial charge is 0.264 e. The quantitative estimate of drug-likeness (QED) is 0.509. The molecule has 0 radical (unpaired) electrons. The van der Waals surface area contributed by atoms with E-state index >= 15 is 0 Å². The van der Waals surface area contributed by atoms with Gasteiger partial charge < -0.3 is 25.7 Å². The number of rotatable bonds is 7. The monoisotopic (exact) mass is 402 g/mol. The maximum absolute atomic E-state index is 12.5. The van der Waals surface area contributed by atoms with Crippen LogP contribution < -0.4 is 15.5 Å². The average molecular weight is 402 g/mol. The molecule has 29 heavy (non-hydrogen) atoms. The van der Waals surface area contributed by atoms with Crippen LogP contribution in [-0.4, -0.2) is 72.3 Å². The zero-order chi connectivity index (χ0) is 21.0. The Morgan fingerprint density at radius 1 is 1.21 bits per heavy atom. The van der Waals surface area contributed by atoms with Gasteiger partial charge in [-0.3, -0.25) is 14.5 Å². The van der Waals surface area contributed by atoms with E-state index in [1.807, 2.05) is 26.0 Å². The van der Waals surface area contributed by atoms with Gasteiger partial charge in [-0.15, -0.1) is 0 Å². The van der Waals surface area contributed by atoms with Crippen molar-refractivity contribution in [3.8, 4) is 0 Å². The van der Waals surface area contributed by atoms with Crippen molar-refractivity contribution in [2.45, 2.75) is 26.3 Å². The molecule has 1 atom stereocenters. The van der Waals surface area contributed by atoms with Crippen molar-refractivity contribution in [1.29, 1.82) is 0 Å². The molecule has 8 heteroatoms. The summed E-state index contributed by atoms with van der Waals surface area (Å²) in [4.78, 5) is 29.1. The highest BCUT2D eigenvalue weighted by Gasteiger charge is 2.36. The van der Waals surface area contributed by atoms with Gasteiger partial charge in [0.1, 0.15) is 11.3 Å². The van der Waals surface area contributed by atoms with Gasteiger partial charge in [0, 0.05) is 44.1 Å². The molecule has 1 aromatic carbocycles. The van der Waals surface area contributed by atoms with Crippen molar-refractivity contribution in [3.63, 3.8) is 0 Å². The highest BCUT2D eigenvalue weighted by molar-refractivity contribution is 6.24. The predicted molar refractivity (Wildman–Crippen MR) is 112 cm³/mol. The molecule has 2 heterocycles. The Morgan fingerprint density at radius 2 is 1.86 bits per heavy atom. The number of nitrogens with zero attached hydrogens (tertiary/aromatic N) is 2. The van der Waals surface area contributed by atoms with Crippen LogP contribution in [0.2, 0.25) is 0 Å². The van der Waals surface area contributed by atoms with Crippen molar-refractivity contribution < 1.29 is 19.8 Å². The number of nitrogens with one attached hydrogen (secondary N) is 2. The van der Waals surface area contributed by atoms with E-state index in [4.69, 9.17) is 5.11 Å². The average Bonchev–Trinajstić information content (AvgIpc) is 2.96. The topological polar surface area (TPSA) is 105 Å². The van der Waals surface area contributed by atoms with E-state index in [1.54, 1.807) is 12.1 Å². The number of anilines is 2. The fourth-order valence-electron chi connectivity index (χ4n) is 3.77. The molecule has 0 aromatic heterocycles. The number of carbonyl (C=O) groups is 2. The van der Waals surface area contributed by atoms with Crippen molar-refractivity contribution >= 4 is 23.2 Å². The molecule has 158 valence electrons. The van der Waals surface area contributed by atoms with Gasteiger partial charge in [-0.2, -0.15) is 0 Å². The minimum atomic E-state index is -0.600. The van der Waals surface area contributed by atoms with Gasteiger partial charge in [0.15, 0.2) is 0 Å². The number of carbonyl (C=O) groups excluding carboxylic acids is 2. The van der Waals surface area contributed by atoms with E-state index in [9.17, 15) is 14.7 Å². The summed E-state index contributed by atoms with van der Waals surface area (Å²) in [6.45, 7) is 8.42. The molecule has 1 saturated heterocycles. The number of piperazine rings is 1. The van der Waals surface area contributed by atoms with Crippen LogP contribution in [0.15, 0.2) is 35.6 Å². The summed E-state index contributed by atoms with van der Waals surface area (Å²) in [6, 6.07) is 6.95. The number of aliphatic hydroxyl groups is 2. The summed E-state index contributed by atoms with van der Waals surface area (Å²) in [5.74, 6) is -1.04. The summed E-state index contributed by atoms with van der Waals surface area (Å²) in [5, 5.41) is 24.7.